The number of halogens is 1. The van der Waals surface area contributed by atoms with Crippen LogP contribution in [0.15, 0.2) is 48.5 Å². The van der Waals surface area contributed by atoms with Gasteiger partial charge in [-0.15, -0.1) is 11.3 Å². The summed E-state index contributed by atoms with van der Waals surface area (Å²) in [7, 11) is 1.60. The molecule has 1 amide bonds. The Hall–Kier alpha value is -2.15. The van der Waals surface area contributed by atoms with Crippen molar-refractivity contribution in [1.29, 1.82) is 0 Å². The minimum Gasteiger partial charge on any atom is -0.497 e. The summed E-state index contributed by atoms with van der Waals surface area (Å²) in [5.74, 6) is 0.416. The molecule has 0 saturated heterocycles. The molecule has 0 aliphatic carbocycles. The first-order chi connectivity index (χ1) is 11.6. The number of thiophene rings is 1. The van der Waals surface area contributed by atoms with Crippen LogP contribution in [0.4, 0.5) is 5.69 Å². The maximum Gasteiger partial charge on any atom is 0.269 e. The summed E-state index contributed by atoms with van der Waals surface area (Å²) < 4.78 is 6.05. The molecule has 4 nitrogen and oxygen atoms in total. The first-order valence-electron chi connectivity index (χ1n) is 7.02. The number of benzene rings is 2. The molecule has 3 rings (SSSR count). The largest absolute Gasteiger partial charge is 0.497 e. The summed E-state index contributed by atoms with van der Waals surface area (Å²) in [5.41, 5.74) is 0.753. The number of methoxy groups -OCH3 is 1. The summed E-state index contributed by atoms with van der Waals surface area (Å²) in [4.78, 5) is 12.8. The van der Waals surface area contributed by atoms with Gasteiger partial charge in [0.15, 0.2) is 5.11 Å². The van der Waals surface area contributed by atoms with Gasteiger partial charge in [0.05, 0.1) is 12.1 Å². The van der Waals surface area contributed by atoms with Crippen molar-refractivity contribution >= 4 is 61.9 Å². The van der Waals surface area contributed by atoms with Gasteiger partial charge in [0.25, 0.3) is 5.91 Å². The summed E-state index contributed by atoms with van der Waals surface area (Å²) in [6, 6.07) is 14.8. The Balaban J connectivity index is 1.71. The summed E-state index contributed by atoms with van der Waals surface area (Å²) in [5, 5.41) is 7.12. The van der Waals surface area contributed by atoms with Crippen molar-refractivity contribution in [3.63, 3.8) is 0 Å². The first kappa shape index (κ1) is 16.7. The molecule has 2 aromatic carbocycles. The molecular weight excluding hydrogens is 364 g/mol. The van der Waals surface area contributed by atoms with E-state index in [1.165, 1.54) is 11.3 Å². The average Bonchev–Trinajstić information content (AvgIpc) is 2.93. The van der Waals surface area contributed by atoms with E-state index in [1.54, 1.807) is 19.2 Å². The van der Waals surface area contributed by atoms with Crippen LogP contribution in [0.3, 0.4) is 0 Å². The fourth-order valence-corrected chi connectivity index (χ4v) is 3.78. The van der Waals surface area contributed by atoms with Gasteiger partial charge in [-0.2, -0.15) is 0 Å². The number of hydrogen-bond acceptors (Lipinski definition) is 4. The second-order valence-corrected chi connectivity index (χ2v) is 6.72. The summed E-state index contributed by atoms with van der Waals surface area (Å²) in [6.45, 7) is 0. The molecule has 0 spiro atoms. The lowest BCUT2D eigenvalue weighted by Gasteiger charge is -2.09. The molecule has 7 heteroatoms. The molecule has 2 N–H and O–H groups in total. The van der Waals surface area contributed by atoms with Gasteiger partial charge in [-0.1, -0.05) is 29.8 Å². The number of rotatable bonds is 3. The van der Waals surface area contributed by atoms with Crippen LogP contribution in [0.1, 0.15) is 9.67 Å². The number of fused-ring (bicyclic) bond motifs is 1. The van der Waals surface area contributed by atoms with Crippen molar-refractivity contribution in [3.8, 4) is 5.75 Å². The Kier molecular flexibility index (Phi) is 4.99. The Labute approximate surface area is 153 Å². The van der Waals surface area contributed by atoms with E-state index in [0.717, 1.165) is 21.5 Å². The Bertz CT molecular complexity index is 907. The molecule has 0 saturated carbocycles. The highest BCUT2D eigenvalue weighted by atomic mass is 35.5. The monoisotopic (exact) mass is 376 g/mol. The molecule has 0 atom stereocenters. The number of carbonyl (C=O) groups is 1. The maximum absolute atomic E-state index is 12.4. The number of ether oxygens (including phenoxy) is 1. The molecule has 122 valence electrons. The third kappa shape index (κ3) is 3.51. The Morgan fingerprint density at radius 3 is 2.54 bits per heavy atom. The highest BCUT2D eigenvalue weighted by molar-refractivity contribution is 7.80. The van der Waals surface area contributed by atoms with Crippen molar-refractivity contribution in [3.05, 3.63) is 58.4 Å². The predicted octanol–water partition coefficient (Wildman–Crippen LogP) is 4.69. The van der Waals surface area contributed by atoms with Gasteiger partial charge >= 0.3 is 0 Å². The number of thiocarbonyl (C=S) groups is 1. The van der Waals surface area contributed by atoms with Crippen LogP contribution in [0, 0.1) is 0 Å². The van der Waals surface area contributed by atoms with Gasteiger partial charge in [-0.25, -0.2) is 0 Å². The Morgan fingerprint density at radius 2 is 1.88 bits per heavy atom. The number of anilines is 1. The van der Waals surface area contributed by atoms with Gasteiger partial charge in [0.2, 0.25) is 0 Å². The topological polar surface area (TPSA) is 50.4 Å². The molecule has 24 heavy (non-hydrogen) atoms. The van der Waals surface area contributed by atoms with E-state index in [4.69, 9.17) is 28.6 Å². The van der Waals surface area contributed by atoms with E-state index in [-0.39, 0.29) is 11.0 Å². The molecule has 0 bridgehead atoms. The van der Waals surface area contributed by atoms with Crippen molar-refractivity contribution in [2.45, 2.75) is 0 Å². The fourth-order valence-electron chi connectivity index (χ4n) is 2.16. The van der Waals surface area contributed by atoms with E-state index in [0.29, 0.717) is 9.90 Å². The zero-order valence-electron chi connectivity index (χ0n) is 12.6. The predicted molar refractivity (Wildman–Crippen MR) is 104 cm³/mol. The highest BCUT2D eigenvalue weighted by Crippen LogP contribution is 2.34. The van der Waals surface area contributed by atoms with Crippen molar-refractivity contribution in [1.82, 2.24) is 5.32 Å². The van der Waals surface area contributed by atoms with Gasteiger partial charge in [-0.3, -0.25) is 10.1 Å². The van der Waals surface area contributed by atoms with Gasteiger partial charge in [-0.05, 0) is 42.5 Å². The lowest BCUT2D eigenvalue weighted by Crippen LogP contribution is -2.33. The number of amides is 1. The molecule has 0 aliphatic heterocycles. The van der Waals surface area contributed by atoms with E-state index in [1.807, 2.05) is 36.4 Å². The smallest absolute Gasteiger partial charge is 0.269 e. The minimum absolute atomic E-state index is 0.207. The molecular formula is C17H13ClN2O2S2. The van der Waals surface area contributed by atoms with Crippen molar-refractivity contribution in [2.75, 3.05) is 12.4 Å². The van der Waals surface area contributed by atoms with Crippen LogP contribution in [0.5, 0.6) is 5.75 Å². The molecule has 3 aromatic rings. The van der Waals surface area contributed by atoms with Gasteiger partial charge < -0.3 is 10.1 Å². The fraction of sp³-hybridized carbons (Fsp3) is 0.0588. The quantitative estimate of drug-likeness (QED) is 0.651. The summed E-state index contributed by atoms with van der Waals surface area (Å²) in [6.07, 6.45) is 0. The van der Waals surface area contributed by atoms with Crippen LogP contribution in [-0.2, 0) is 0 Å². The molecule has 0 fully saturated rings. The molecule has 0 unspecified atom stereocenters. The number of nitrogens with one attached hydrogen (secondary N) is 2. The lowest BCUT2D eigenvalue weighted by atomic mass is 10.2. The Morgan fingerprint density at radius 1 is 1.17 bits per heavy atom. The van der Waals surface area contributed by atoms with E-state index in [9.17, 15) is 4.79 Å². The van der Waals surface area contributed by atoms with Crippen LogP contribution in [-0.4, -0.2) is 18.1 Å². The number of hydrogen-bond donors (Lipinski definition) is 2. The molecule has 0 aliphatic rings. The maximum atomic E-state index is 12.4. The van der Waals surface area contributed by atoms with Gasteiger partial charge in [0, 0.05) is 15.8 Å². The van der Waals surface area contributed by atoms with Crippen LogP contribution in [0.2, 0.25) is 5.02 Å². The third-order valence-electron chi connectivity index (χ3n) is 3.32. The molecule has 1 aromatic heterocycles. The van der Waals surface area contributed by atoms with Crippen LogP contribution < -0.4 is 15.4 Å². The highest BCUT2D eigenvalue weighted by Gasteiger charge is 2.17. The zero-order chi connectivity index (χ0) is 17.1. The number of carbonyl (C=O) groups excluding carboxylic acids is 1. The third-order valence-corrected chi connectivity index (χ3v) is 5.19. The summed E-state index contributed by atoms with van der Waals surface area (Å²) >= 11 is 12.8. The van der Waals surface area contributed by atoms with Gasteiger partial charge in [0.1, 0.15) is 10.6 Å². The van der Waals surface area contributed by atoms with E-state index >= 15 is 0 Å². The first-order valence-corrected chi connectivity index (χ1v) is 8.62. The van der Waals surface area contributed by atoms with E-state index < -0.39 is 0 Å². The SMILES string of the molecule is COc1ccc(NC(=S)NC(=O)c2sc3ccccc3c2Cl)cc1. The van der Waals surface area contributed by atoms with Crippen LogP contribution in [0.25, 0.3) is 10.1 Å². The lowest BCUT2D eigenvalue weighted by molar-refractivity contribution is 0.0982. The second-order valence-electron chi connectivity index (χ2n) is 4.88. The average molecular weight is 377 g/mol. The molecule has 0 radical (unpaired) electrons. The minimum atomic E-state index is -0.327. The zero-order valence-corrected chi connectivity index (χ0v) is 15.0. The second kappa shape index (κ2) is 7.17. The molecule has 1 heterocycles. The van der Waals surface area contributed by atoms with Crippen molar-refractivity contribution < 1.29 is 9.53 Å². The standard InChI is InChI=1S/C17H13ClN2O2S2/c1-22-11-8-6-10(7-9-11)19-17(23)20-16(21)15-14(18)12-4-2-3-5-13(12)24-15/h2-9H,1H3,(H2,19,20,21,23). The van der Waals surface area contributed by atoms with Crippen LogP contribution >= 0.6 is 35.2 Å². The van der Waals surface area contributed by atoms with Crippen molar-refractivity contribution in [2.24, 2.45) is 0 Å². The van der Waals surface area contributed by atoms with E-state index in [2.05, 4.69) is 10.6 Å². The normalized spacial score (nSPS) is 10.4.